The molecular weight excluding hydrogens is 503 g/mol. The van der Waals surface area contributed by atoms with E-state index in [2.05, 4.69) is 15.0 Å². The Morgan fingerprint density at radius 1 is 1.15 bits per heavy atom. The van der Waals surface area contributed by atoms with E-state index in [0.717, 1.165) is 23.7 Å². The van der Waals surface area contributed by atoms with E-state index in [4.69, 9.17) is 16.3 Å². The molecule has 2 heterocycles. The fraction of sp³-hybridized carbons (Fsp3) is 0.200. The Bertz CT molecular complexity index is 1320. The molecule has 0 aliphatic rings. The second-order valence-corrected chi connectivity index (χ2v) is 10.4. The van der Waals surface area contributed by atoms with Gasteiger partial charge in [0.25, 0.3) is 5.91 Å². The van der Waals surface area contributed by atoms with Crippen molar-refractivity contribution < 1.29 is 31.1 Å². The molecule has 7 nitrogen and oxygen atoms in total. The molecule has 13 heteroatoms. The number of carbonyl (C=O) groups excluding carboxylic acids is 1. The number of pyridine rings is 1. The zero-order valence-electron chi connectivity index (χ0n) is 17.4. The van der Waals surface area contributed by atoms with Crippen molar-refractivity contribution in [3.05, 3.63) is 56.9 Å². The number of nitrogens with one attached hydrogen (secondary N) is 2. The number of sulfonamides is 1. The lowest BCUT2D eigenvalue weighted by Crippen LogP contribution is -2.12. The van der Waals surface area contributed by atoms with Gasteiger partial charge < -0.3 is 10.1 Å². The third-order valence-corrected chi connectivity index (χ3v) is 6.13. The van der Waals surface area contributed by atoms with Gasteiger partial charge in [-0.1, -0.05) is 11.6 Å². The first-order chi connectivity index (χ1) is 15.3. The largest absolute Gasteiger partial charge is 0.494 e. The molecule has 176 valence electrons. The van der Waals surface area contributed by atoms with Crippen molar-refractivity contribution in [2.24, 2.45) is 0 Å². The predicted molar refractivity (Wildman–Crippen MR) is 122 cm³/mol. The zero-order valence-corrected chi connectivity index (χ0v) is 19.8. The minimum atomic E-state index is -4.57. The topological polar surface area (TPSA) is 97.4 Å². The number of hydrogen-bond acceptors (Lipinski definition) is 6. The van der Waals surface area contributed by atoms with Crippen LogP contribution < -0.4 is 14.8 Å². The van der Waals surface area contributed by atoms with Gasteiger partial charge in [-0.3, -0.25) is 14.5 Å². The summed E-state index contributed by atoms with van der Waals surface area (Å²) in [7, 11) is -2.32. The molecule has 0 aliphatic heterocycles. The lowest BCUT2D eigenvalue weighted by atomic mass is 10.1. The number of nitrogens with zero attached hydrogens (tertiary/aromatic N) is 1. The lowest BCUT2D eigenvalue weighted by molar-refractivity contribution is -0.137. The smallest absolute Gasteiger partial charge is 0.418 e. The van der Waals surface area contributed by atoms with Crippen molar-refractivity contribution in [1.82, 2.24) is 4.98 Å². The van der Waals surface area contributed by atoms with Gasteiger partial charge in [0, 0.05) is 27.3 Å². The quantitative estimate of drug-likeness (QED) is 0.453. The minimum Gasteiger partial charge on any atom is -0.494 e. The molecular formula is C20H17ClF3N3O4S2. The van der Waals surface area contributed by atoms with Crippen molar-refractivity contribution in [3.63, 3.8) is 0 Å². The molecule has 0 aliphatic carbocycles. The molecule has 0 fully saturated rings. The first kappa shape index (κ1) is 24.8. The predicted octanol–water partition coefficient (Wildman–Crippen LogP) is 5.42. The first-order valence-corrected chi connectivity index (χ1v) is 12.2. The zero-order chi connectivity index (χ0) is 24.6. The molecule has 3 rings (SSSR count). The van der Waals surface area contributed by atoms with Crippen LogP contribution in [0.1, 0.15) is 20.1 Å². The van der Waals surface area contributed by atoms with Gasteiger partial charge in [-0.05, 0) is 37.3 Å². The van der Waals surface area contributed by atoms with Gasteiger partial charge in [-0.2, -0.15) is 13.2 Å². The fourth-order valence-corrected chi connectivity index (χ4v) is 4.61. The standard InChI is InChI=1S/C20H17ClF3N3O4S2/c1-10-15(18-16(31-2)4-11(9-25-18)20(22,23)24)8-17(32-10)19(28)26-13-5-12(21)6-14(7-13)27-33(3,29)30/h4-9,27H,1-3H3,(H,26,28). The molecule has 33 heavy (non-hydrogen) atoms. The summed E-state index contributed by atoms with van der Waals surface area (Å²) in [5.74, 6) is -0.600. The minimum absolute atomic E-state index is 0.0796. The maximum atomic E-state index is 13.0. The number of alkyl halides is 3. The van der Waals surface area contributed by atoms with E-state index < -0.39 is 27.7 Å². The van der Waals surface area contributed by atoms with Crippen molar-refractivity contribution in [2.45, 2.75) is 13.1 Å². The van der Waals surface area contributed by atoms with Crippen LogP contribution in [-0.4, -0.2) is 32.7 Å². The van der Waals surface area contributed by atoms with Crippen LogP contribution in [-0.2, 0) is 16.2 Å². The molecule has 0 atom stereocenters. The van der Waals surface area contributed by atoms with Crippen LogP contribution in [0.2, 0.25) is 5.02 Å². The lowest BCUT2D eigenvalue weighted by Gasteiger charge is -2.11. The summed E-state index contributed by atoms with van der Waals surface area (Å²) in [5.41, 5.74) is 0.0777. The van der Waals surface area contributed by atoms with Gasteiger partial charge in [0.15, 0.2) is 0 Å². The van der Waals surface area contributed by atoms with E-state index in [1.165, 1.54) is 31.4 Å². The number of amides is 1. The second kappa shape index (κ2) is 9.20. The Kier molecular flexibility index (Phi) is 6.91. The van der Waals surface area contributed by atoms with Crippen molar-refractivity contribution in [1.29, 1.82) is 0 Å². The van der Waals surface area contributed by atoms with Crippen molar-refractivity contribution in [2.75, 3.05) is 23.4 Å². The number of aromatic nitrogens is 1. The van der Waals surface area contributed by atoms with Crippen molar-refractivity contribution >= 4 is 50.2 Å². The molecule has 0 unspecified atom stereocenters. The third kappa shape index (κ3) is 6.15. The SMILES string of the molecule is COc1cc(C(F)(F)F)cnc1-c1cc(C(=O)Nc2cc(Cl)cc(NS(C)(=O)=O)c2)sc1C. The molecule has 0 spiro atoms. The Morgan fingerprint density at radius 2 is 1.82 bits per heavy atom. The highest BCUT2D eigenvalue weighted by molar-refractivity contribution is 7.92. The van der Waals surface area contributed by atoms with Crippen LogP contribution in [0.4, 0.5) is 24.5 Å². The van der Waals surface area contributed by atoms with E-state index in [1.54, 1.807) is 6.92 Å². The molecule has 2 aromatic heterocycles. The molecule has 0 saturated heterocycles. The van der Waals surface area contributed by atoms with Crippen LogP contribution in [0.15, 0.2) is 36.5 Å². The van der Waals surface area contributed by atoms with Crippen molar-refractivity contribution in [3.8, 4) is 17.0 Å². The Morgan fingerprint density at radius 3 is 2.42 bits per heavy atom. The van der Waals surface area contributed by atoms with Crippen LogP contribution >= 0.6 is 22.9 Å². The molecule has 0 bridgehead atoms. The van der Waals surface area contributed by atoms with E-state index in [1.807, 2.05) is 0 Å². The number of ether oxygens (including phenoxy) is 1. The summed E-state index contributed by atoms with van der Waals surface area (Å²) in [6.45, 7) is 1.70. The Labute approximate surface area is 196 Å². The molecule has 1 aromatic carbocycles. The van der Waals surface area contributed by atoms with Gasteiger partial charge in [0.05, 0.1) is 29.5 Å². The maximum Gasteiger partial charge on any atom is 0.418 e. The first-order valence-electron chi connectivity index (χ1n) is 9.08. The summed E-state index contributed by atoms with van der Waals surface area (Å²) in [6.07, 6.45) is -2.89. The fourth-order valence-electron chi connectivity index (χ4n) is 2.91. The normalized spacial score (nSPS) is 11.8. The number of anilines is 2. The Balaban J connectivity index is 1.90. The summed E-state index contributed by atoms with van der Waals surface area (Å²) in [4.78, 5) is 17.6. The van der Waals surface area contributed by atoms with E-state index >= 15 is 0 Å². The van der Waals surface area contributed by atoms with Crippen LogP contribution in [0, 0.1) is 6.92 Å². The van der Waals surface area contributed by atoms with Gasteiger partial charge >= 0.3 is 6.18 Å². The maximum absolute atomic E-state index is 13.0. The van der Waals surface area contributed by atoms with Gasteiger partial charge in [0.1, 0.15) is 11.4 Å². The number of rotatable bonds is 6. The van der Waals surface area contributed by atoms with E-state index in [9.17, 15) is 26.4 Å². The molecule has 0 radical (unpaired) electrons. The number of aryl methyl sites for hydroxylation is 1. The second-order valence-electron chi connectivity index (χ2n) is 6.91. The van der Waals surface area contributed by atoms with Crippen LogP contribution in [0.5, 0.6) is 5.75 Å². The summed E-state index contributed by atoms with van der Waals surface area (Å²) in [5, 5.41) is 2.82. The van der Waals surface area contributed by atoms with Crippen LogP contribution in [0.3, 0.4) is 0 Å². The van der Waals surface area contributed by atoms with Gasteiger partial charge in [0.2, 0.25) is 10.0 Å². The highest BCUT2D eigenvalue weighted by Gasteiger charge is 2.32. The number of benzene rings is 1. The molecule has 3 aromatic rings. The van der Waals surface area contributed by atoms with E-state index in [-0.39, 0.29) is 32.7 Å². The van der Waals surface area contributed by atoms with Gasteiger partial charge in [-0.15, -0.1) is 11.3 Å². The van der Waals surface area contributed by atoms with Gasteiger partial charge in [-0.25, -0.2) is 8.42 Å². The van der Waals surface area contributed by atoms with E-state index in [0.29, 0.717) is 16.6 Å². The summed E-state index contributed by atoms with van der Waals surface area (Å²) in [6, 6.07) is 6.56. The summed E-state index contributed by atoms with van der Waals surface area (Å²) < 4.78 is 69.2. The highest BCUT2D eigenvalue weighted by Crippen LogP contribution is 2.39. The monoisotopic (exact) mass is 519 g/mol. The number of hydrogen-bond donors (Lipinski definition) is 2. The number of thiophene rings is 1. The molecule has 2 N–H and O–H groups in total. The van der Waals surface area contributed by atoms with Crippen LogP contribution in [0.25, 0.3) is 11.3 Å². The molecule has 0 saturated carbocycles. The molecule has 1 amide bonds. The number of halogens is 4. The average Bonchev–Trinajstić information content (AvgIpc) is 3.06. The average molecular weight is 520 g/mol. The number of methoxy groups -OCH3 is 1. The summed E-state index contributed by atoms with van der Waals surface area (Å²) >= 11 is 7.12. The number of carbonyl (C=O) groups is 1. The third-order valence-electron chi connectivity index (χ3n) is 4.26. The highest BCUT2D eigenvalue weighted by atomic mass is 35.5. The Hall–Kier alpha value is -2.83.